The molecule has 3 aromatic carbocycles. The van der Waals surface area contributed by atoms with Crippen molar-refractivity contribution < 1.29 is 22.5 Å². The zero-order valence-electron chi connectivity index (χ0n) is 14.5. The average molecular weight is 462 g/mol. The van der Waals surface area contributed by atoms with E-state index in [0.717, 1.165) is 15.2 Å². The molecule has 9 heteroatoms. The van der Waals surface area contributed by atoms with Gasteiger partial charge in [-0.3, -0.25) is 4.79 Å². The third-order valence-corrected chi connectivity index (χ3v) is 4.82. The Labute approximate surface area is 170 Å². The van der Waals surface area contributed by atoms with Crippen LogP contribution in [0.3, 0.4) is 0 Å². The molecule has 1 amide bonds. The van der Waals surface area contributed by atoms with Crippen LogP contribution in [0, 0.1) is 0 Å². The molecule has 4 rings (SSSR count). The fraction of sp³-hybridized carbons (Fsp3) is 0.0500. The van der Waals surface area contributed by atoms with E-state index < -0.39 is 18.0 Å². The van der Waals surface area contributed by atoms with E-state index in [2.05, 4.69) is 30.6 Å². The number of aromatic nitrogens is 2. The largest absolute Gasteiger partial charge is 0.471 e. The van der Waals surface area contributed by atoms with Gasteiger partial charge in [0.05, 0.1) is 0 Å². The topological polar surface area (TPSA) is 82.0 Å². The van der Waals surface area contributed by atoms with Crippen LogP contribution in [-0.2, 0) is 6.18 Å². The van der Waals surface area contributed by atoms with Gasteiger partial charge in [-0.15, -0.1) is 0 Å². The summed E-state index contributed by atoms with van der Waals surface area (Å²) < 4.78 is 43.5. The molecule has 4 aromatic rings. The molecule has 146 valence electrons. The summed E-state index contributed by atoms with van der Waals surface area (Å²) in [4.78, 5) is 15.3. The highest BCUT2D eigenvalue weighted by Gasteiger charge is 2.38. The van der Waals surface area contributed by atoms with E-state index in [9.17, 15) is 18.0 Å². The van der Waals surface area contributed by atoms with Gasteiger partial charge < -0.3 is 10.3 Å². The molecule has 0 atom stereocenters. The molecule has 0 aliphatic rings. The molecule has 0 fully saturated rings. The Hall–Kier alpha value is -3.20. The SMILES string of the molecule is NC(=O)c1ccc(-c2noc(C(F)(F)F)n2)cc1-c1ccc2cc(Br)ccc2c1. The molecule has 1 aromatic heterocycles. The number of rotatable bonds is 3. The molecule has 2 N–H and O–H groups in total. The highest BCUT2D eigenvalue weighted by molar-refractivity contribution is 9.10. The first kappa shape index (κ1) is 19.1. The van der Waals surface area contributed by atoms with E-state index in [-0.39, 0.29) is 17.0 Å². The van der Waals surface area contributed by atoms with Crippen LogP contribution >= 0.6 is 15.9 Å². The Kier molecular flexibility index (Phi) is 4.62. The second kappa shape index (κ2) is 7.00. The lowest BCUT2D eigenvalue weighted by Crippen LogP contribution is -2.12. The Balaban J connectivity index is 1.85. The van der Waals surface area contributed by atoms with Gasteiger partial charge >= 0.3 is 12.1 Å². The number of hydrogen-bond donors (Lipinski definition) is 1. The van der Waals surface area contributed by atoms with E-state index in [4.69, 9.17) is 5.73 Å². The van der Waals surface area contributed by atoms with Crippen molar-refractivity contribution in [1.82, 2.24) is 10.1 Å². The second-order valence-electron chi connectivity index (χ2n) is 6.25. The molecular formula is C20H11BrF3N3O2. The van der Waals surface area contributed by atoms with Crippen LogP contribution in [0.15, 0.2) is 63.6 Å². The zero-order chi connectivity index (χ0) is 20.8. The molecule has 5 nitrogen and oxygen atoms in total. The molecule has 0 saturated heterocycles. The van der Waals surface area contributed by atoms with Crippen LogP contribution < -0.4 is 5.73 Å². The van der Waals surface area contributed by atoms with Crippen molar-refractivity contribution in [3.63, 3.8) is 0 Å². The van der Waals surface area contributed by atoms with Crippen molar-refractivity contribution in [2.75, 3.05) is 0 Å². The van der Waals surface area contributed by atoms with Crippen molar-refractivity contribution in [1.29, 1.82) is 0 Å². The van der Waals surface area contributed by atoms with Crippen LogP contribution in [0.5, 0.6) is 0 Å². The first-order valence-electron chi connectivity index (χ1n) is 8.27. The second-order valence-corrected chi connectivity index (χ2v) is 7.17. The predicted molar refractivity (Wildman–Crippen MR) is 104 cm³/mol. The minimum Gasteiger partial charge on any atom is -0.366 e. The zero-order valence-corrected chi connectivity index (χ0v) is 16.1. The van der Waals surface area contributed by atoms with Gasteiger partial charge in [-0.1, -0.05) is 45.4 Å². The van der Waals surface area contributed by atoms with Crippen LogP contribution in [0.25, 0.3) is 33.3 Å². The molecule has 29 heavy (non-hydrogen) atoms. The van der Waals surface area contributed by atoms with Crippen molar-refractivity contribution in [3.05, 3.63) is 70.5 Å². The van der Waals surface area contributed by atoms with Gasteiger partial charge in [0.25, 0.3) is 0 Å². The maximum Gasteiger partial charge on any atom is 0.471 e. The number of benzene rings is 3. The Morgan fingerprint density at radius 3 is 2.34 bits per heavy atom. The van der Waals surface area contributed by atoms with E-state index in [0.29, 0.717) is 11.1 Å². The van der Waals surface area contributed by atoms with Crippen LogP contribution in [0.2, 0.25) is 0 Å². The highest BCUT2D eigenvalue weighted by atomic mass is 79.9. The molecule has 0 unspecified atom stereocenters. The van der Waals surface area contributed by atoms with Gasteiger partial charge in [0.1, 0.15) is 0 Å². The minimum absolute atomic E-state index is 0.227. The lowest BCUT2D eigenvalue weighted by molar-refractivity contribution is -0.159. The highest BCUT2D eigenvalue weighted by Crippen LogP contribution is 2.33. The van der Waals surface area contributed by atoms with Crippen molar-refractivity contribution in [2.24, 2.45) is 5.73 Å². The lowest BCUT2D eigenvalue weighted by Gasteiger charge is -2.10. The molecule has 0 spiro atoms. The van der Waals surface area contributed by atoms with E-state index in [1.54, 1.807) is 6.07 Å². The van der Waals surface area contributed by atoms with E-state index in [1.165, 1.54) is 18.2 Å². The number of hydrogen-bond acceptors (Lipinski definition) is 4. The van der Waals surface area contributed by atoms with Crippen LogP contribution in [0.4, 0.5) is 13.2 Å². The van der Waals surface area contributed by atoms with Gasteiger partial charge in [0, 0.05) is 15.6 Å². The molecule has 0 bridgehead atoms. The van der Waals surface area contributed by atoms with Gasteiger partial charge in [-0.25, -0.2) is 0 Å². The maximum atomic E-state index is 12.7. The third-order valence-electron chi connectivity index (χ3n) is 4.33. The number of alkyl halides is 3. The molecule has 1 heterocycles. The summed E-state index contributed by atoms with van der Waals surface area (Å²) >= 11 is 3.41. The van der Waals surface area contributed by atoms with Gasteiger partial charge in [0.15, 0.2) is 0 Å². The van der Waals surface area contributed by atoms with Crippen molar-refractivity contribution in [2.45, 2.75) is 6.18 Å². The van der Waals surface area contributed by atoms with E-state index >= 15 is 0 Å². The standard InChI is InChI=1S/C20H11BrF3N3O2/c21-14-5-3-10-7-12(2-1-11(10)8-14)16-9-13(4-6-15(16)17(25)28)18-26-19(29-27-18)20(22,23)24/h1-9H,(H2,25,28). The minimum atomic E-state index is -4.74. The fourth-order valence-corrected chi connectivity index (χ4v) is 3.36. The molecule has 0 saturated carbocycles. The number of carbonyl (C=O) groups excluding carboxylic acids is 1. The summed E-state index contributed by atoms with van der Waals surface area (Å²) in [6.45, 7) is 0. The smallest absolute Gasteiger partial charge is 0.366 e. The lowest BCUT2D eigenvalue weighted by atomic mass is 9.95. The van der Waals surface area contributed by atoms with Gasteiger partial charge in [0.2, 0.25) is 11.7 Å². The molecule has 0 aliphatic carbocycles. The summed E-state index contributed by atoms with van der Waals surface area (Å²) in [6.07, 6.45) is -4.74. The number of nitrogens with zero attached hydrogens (tertiary/aromatic N) is 2. The fourth-order valence-electron chi connectivity index (χ4n) is 2.98. The third kappa shape index (κ3) is 3.73. The van der Waals surface area contributed by atoms with Crippen LogP contribution in [-0.4, -0.2) is 16.0 Å². The number of carbonyl (C=O) groups is 1. The summed E-state index contributed by atoms with van der Waals surface area (Å²) in [5.74, 6) is -2.34. The quantitative estimate of drug-likeness (QED) is 0.440. The molecular weight excluding hydrogens is 451 g/mol. The first-order valence-corrected chi connectivity index (χ1v) is 9.06. The number of primary amides is 1. The molecule has 0 aliphatic heterocycles. The number of fused-ring (bicyclic) bond motifs is 1. The van der Waals surface area contributed by atoms with Crippen LogP contribution in [0.1, 0.15) is 16.2 Å². The van der Waals surface area contributed by atoms with Gasteiger partial charge in [-0.2, -0.15) is 18.2 Å². The molecule has 0 radical (unpaired) electrons. The van der Waals surface area contributed by atoms with Crippen molar-refractivity contribution >= 4 is 32.6 Å². The van der Waals surface area contributed by atoms with E-state index in [1.807, 2.05) is 30.3 Å². The Bertz CT molecular complexity index is 1250. The van der Waals surface area contributed by atoms with Crippen molar-refractivity contribution in [3.8, 4) is 22.5 Å². The summed E-state index contributed by atoms with van der Waals surface area (Å²) in [7, 11) is 0. The summed E-state index contributed by atoms with van der Waals surface area (Å²) in [5, 5.41) is 5.30. The Morgan fingerprint density at radius 2 is 1.66 bits per heavy atom. The Morgan fingerprint density at radius 1 is 0.966 bits per heavy atom. The monoisotopic (exact) mass is 461 g/mol. The maximum absolute atomic E-state index is 12.7. The number of halogens is 4. The number of amides is 1. The predicted octanol–water partition coefficient (Wildman–Crippen LogP) is 5.44. The normalized spacial score (nSPS) is 11.7. The first-order chi connectivity index (χ1) is 13.7. The van der Waals surface area contributed by atoms with Gasteiger partial charge in [-0.05, 0) is 52.2 Å². The summed E-state index contributed by atoms with van der Waals surface area (Å²) in [5.41, 5.74) is 7.11. The summed E-state index contributed by atoms with van der Waals surface area (Å²) in [6, 6.07) is 15.7. The average Bonchev–Trinajstić information content (AvgIpc) is 3.18. The number of nitrogens with two attached hydrogens (primary N) is 1.